The molecule has 0 saturated carbocycles. The lowest BCUT2D eigenvalue weighted by Crippen LogP contribution is -2.45. The third kappa shape index (κ3) is 3.59. The molecule has 2 atom stereocenters. The van der Waals surface area contributed by atoms with Gasteiger partial charge in [-0.1, -0.05) is 18.2 Å². The van der Waals surface area contributed by atoms with Gasteiger partial charge in [-0.2, -0.15) is 0 Å². The minimum absolute atomic E-state index is 0.0790. The van der Waals surface area contributed by atoms with Crippen molar-refractivity contribution in [3.05, 3.63) is 62.3 Å². The molecule has 0 amide bonds. The molecule has 1 aliphatic heterocycles. The van der Waals surface area contributed by atoms with Gasteiger partial charge in [-0.25, -0.2) is 14.2 Å². The fourth-order valence-corrected chi connectivity index (χ4v) is 4.19. The summed E-state index contributed by atoms with van der Waals surface area (Å²) in [5, 5.41) is 0. The molecule has 8 nitrogen and oxygen atoms in total. The largest absolute Gasteiger partial charge is 0.373 e. The third-order valence-corrected chi connectivity index (χ3v) is 5.57. The molecule has 2 unspecified atom stereocenters. The van der Waals surface area contributed by atoms with Crippen LogP contribution in [0, 0.1) is 5.82 Å². The Morgan fingerprint density at radius 1 is 1.07 bits per heavy atom. The second-order valence-corrected chi connectivity index (χ2v) is 8.03. The quantitative estimate of drug-likeness (QED) is 0.641. The van der Waals surface area contributed by atoms with Crippen LogP contribution in [0.15, 0.2) is 33.9 Å². The molecule has 0 N–H and O–H groups in total. The lowest BCUT2D eigenvalue weighted by atomic mass is 10.2. The van der Waals surface area contributed by atoms with Crippen molar-refractivity contribution < 1.29 is 9.13 Å². The van der Waals surface area contributed by atoms with Crippen molar-refractivity contribution in [2.45, 2.75) is 39.1 Å². The van der Waals surface area contributed by atoms with Gasteiger partial charge in [-0.15, -0.1) is 0 Å². The zero-order valence-corrected chi connectivity index (χ0v) is 17.6. The van der Waals surface area contributed by atoms with Crippen molar-refractivity contribution in [2.75, 3.05) is 13.1 Å². The first-order valence-corrected chi connectivity index (χ1v) is 10.0. The number of fused-ring (bicyclic) bond motifs is 1. The molecule has 30 heavy (non-hydrogen) atoms. The van der Waals surface area contributed by atoms with Crippen LogP contribution in [0.5, 0.6) is 0 Å². The van der Waals surface area contributed by atoms with Gasteiger partial charge >= 0.3 is 5.69 Å². The Hall–Kier alpha value is -2.78. The van der Waals surface area contributed by atoms with E-state index < -0.39 is 11.2 Å². The minimum Gasteiger partial charge on any atom is -0.373 e. The molecule has 9 heteroatoms. The van der Waals surface area contributed by atoms with E-state index in [1.807, 2.05) is 13.8 Å². The van der Waals surface area contributed by atoms with Crippen LogP contribution in [-0.2, 0) is 31.9 Å². The van der Waals surface area contributed by atoms with Crippen molar-refractivity contribution in [1.82, 2.24) is 23.6 Å². The first-order valence-electron chi connectivity index (χ1n) is 10.0. The number of hydrogen-bond acceptors (Lipinski definition) is 5. The fraction of sp³-hybridized carbons (Fsp3) is 0.476. The zero-order chi connectivity index (χ0) is 21.6. The van der Waals surface area contributed by atoms with Gasteiger partial charge < -0.3 is 9.30 Å². The van der Waals surface area contributed by atoms with Crippen LogP contribution < -0.4 is 11.2 Å². The molecule has 0 aliphatic carbocycles. The van der Waals surface area contributed by atoms with E-state index in [2.05, 4.69) is 9.88 Å². The number of morpholine rings is 1. The molecule has 1 fully saturated rings. The van der Waals surface area contributed by atoms with Gasteiger partial charge in [-0.05, 0) is 19.9 Å². The summed E-state index contributed by atoms with van der Waals surface area (Å²) in [6, 6.07) is 6.48. The Bertz CT molecular complexity index is 1200. The molecule has 1 aromatic carbocycles. The van der Waals surface area contributed by atoms with E-state index in [9.17, 15) is 14.0 Å². The Morgan fingerprint density at radius 2 is 1.73 bits per heavy atom. The topological polar surface area (TPSA) is 74.3 Å². The number of aromatic nitrogens is 4. The summed E-state index contributed by atoms with van der Waals surface area (Å²) in [4.78, 5) is 32.2. The monoisotopic (exact) mass is 415 g/mol. The van der Waals surface area contributed by atoms with Gasteiger partial charge in [0.25, 0.3) is 5.56 Å². The highest BCUT2D eigenvalue weighted by Crippen LogP contribution is 2.19. The fourth-order valence-electron chi connectivity index (χ4n) is 4.19. The Morgan fingerprint density at radius 3 is 2.40 bits per heavy atom. The highest BCUT2D eigenvalue weighted by atomic mass is 19.1. The summed E-state index contributed by atoms with van der Waals surface area (Å²) in [5.74, 6) is 0.272. The summed E-state index contributed by atoms with van der Waals surface area (Å²) in [7, 11) is 3.03. The summed E-state index contributed by atoms with van der Waals surface area (Å²) in [6.45, 7) is 6.11. The third-order valence-electron chi connectivity index (χ3n) is 5.57. The molecular formula is C21H26FN5O3. The van der Waals surface area contributed by atoms with E-state index in [0.717, 1.165) is 17.7 Å². The van der Waals surface area contributed by atoms with Crippen molar-refractivity contribution >= 4 is 11.2 Å². The number of rotatable bonds is 4. The number of benzene rings is 1. The molecule has 160 valence electrons. The standard InChI is InChI=1S/C21H26FN5O3/c1-13-9-26(10-14(2)30-13)12-17-23-19-18(20(28)25(4)21(29)24(19)3)27(17)11-15-7-5-6-8-16(15)22/h5-8,13-14H,9-12H2,1-4H3. The molecule has 1 aliphatic rings. The van der Waals surface area contributed by atoms with Gasteiger partial charge in [-0.3, -0.25) is 18.8 Å². The van der Waals surface area contributed by atoms with E-state index in [1.54, 1.807) is 29.8 Å². The van der Waals surface area contributed by atoms with Gasteiger partial charge in [0, 0.05) is 32.7 Å². The van der Waals surface area contributed by atoms with Crippen LogP contribution in [0.4, 0.5) is 4.39 Å². The van der Waals surface area contributed by atoms with Gasteiger partial charge in [0.2, 0.25) is 0 Å². The predicted molar refractivity (Wildman–Crippen MR) is 111 cm³/mol. The molecule has 2 aromatic heterocycles. The van der Waals surface area contributed by atoms with Crippen LogP contribution in [0.2, 0.25) is 0 Å². The summed E-state index contributed by atoms with van der Waals surface area (Å²) >= 11 is 0. The summed E-state index contributed by atoms with van der Waals surface area (Å²) in [6.07, 6.45) is 0.158. The van der Waals surface area contributed by atoms with Crippen LogP contribution in [0.25, 0.3) is 11.2 Å². The lowest BCUT2D eigenvalue weighted by molar-refractivity contribution is -0.0712. The predicted octanol–water partition coefficient (Wildman–Crippen LogP) is 1.23. The Balaban J connectivity index is 1.87. The first kappa shape index (κ1) is 20.5. The first-order chi connectivity index (χ1) is 14.3. The summed E-state index contributed by atoms with van der Waals surface area (Å²) < 4.78 is 24.4. The average molecular weight is 415 g/mol. The number of hydrogen-bond donors (Lipinski definition) is 0. The van der Waals surface area contributed by atoms with Gasteiger partial charge in [0.05, 0.1) is 25.3 Å². The van der Waals surface area contributed by atoms with Crippen LogP contribution >= 0.6 is 0 Å². The molecule has 3 heterocycles. The minimum atomic E-state index is -0.441. The summed E-state index contributed by atoms with van der Waals surface area (Å²) in [5.41, 5.74) is 0.184. The van der Waals surface area contributed by atoms with Crippen molar-refractivity contribution in [3.63, 3.8) is 0 Å². The Kier molecular flexibility index (Phi) is 5.33. The van der Waals surface area contributed by atoms with E-state index in [-0.39, 0.29) is 24.6 Å². The molecule has 0 radical (unpaired) electrons. The van der Waals surface area contributed by atoms with Crippen molar-refractivity contribution in [1.29, 1.82) is 0 Å². The number of halogens is 1. The second kappa shape index (κ2) is 7.81. The highest BCUT2D eigenvalue weighted by Gasteiger charge is 2.26. The number of ether oxygens (including phenoxy) is 1. The highest BCUT2D eigenvalue weighted by molar-refractivity contribution is 5.71. The van der Waals surface area contributed by atoms with Crippen molar-refractivity contribution in [3.8, 4) is 0 Å². The normalized spacial score (nSPS) is 20.2. The smallest absolute Gasteiger partial charge is 0.332 e. The SMILES string of the molecule is CC1CN(Cc2nc3c(c(=O)n(C)c(=O)n3C)n2Cc2ccccc2F)CC(C)O1. The maximum atomic E-state index is 14.4. The maximum absolute atomic E-state index is 14.4. The van der Waals surface area contributed by atoms with E-state index in [4.69, 9.17) is 4.74 Å². The van der Waals surface area contributed by atoms with Crippen molar-refractivity contribution in [2.24, 2.45) is 14.1 Å². The molecule has 0 bridgehead atoms. The zero-order valence-electron chi connectivity index (χ0n) is 17.6. The maximum Gasteiger partial charge on any atom is 0.332 e. The van der Waals surface area contributed by atoms with E-state index in [1.165, 1.54) is 17.7 Å². The number of imidazole rings is 1. The van der Waals surface area contributed by atoms with Crippen LogP contribution in [0.1, 0.15) is 25.2 Å². The molecule has 1 saturated heterocycles. The van der Waals surface area contributed by atoms with Crippen LogP contribution in [0.3, 0.4) is 0 Å². The van der Waals surface area contributed by atoms with Crippen LogP contribution in [-0.4, -0.2) is 48.9 Å². The van der Waals surface area contributed by atoms with Gasteiger partial charge in [0.15, 0.2) is 11.2 Å². The second-order valence-electron chi connectivity index (χ2n) is 8.03. The lowest BCUT2D eigenvalue weighted by Gasteiger charge is -2.35. The number of nitrogens with zero attached hydrogens (tertiary/aromatic N) is 5. The molecule has 0 spiro atoms. The molecule has 3 aromatic rings. The number of aryl methyl sites for hydroxylation is 1. The van der Waals surface area contributed by atoms with E-state index >= 15 is 0 Å². The molecule has 4 rings (SSSR count). The van der Waals surface area contributed by atoms with Gasteiger partial charge in [0.1, 0.15) is 11.6 Å². The van der Waals surface area contributed by atoms with E-state index in [0.29, 0.717) is 29.1 Å². The average Bonchev–Trinajstić information content (AvgIpc) is 3.04. The molecular weight excluding hydrogens is 389 g/mol. The Labute approximate surface area is 173 Å².